The molecule has 0 spiro atoms. The van der Waals surface area contributed by atoms with Gasteiger partial charge in [0.25, 0.3) is 0 Å². The number of nitrogens with one attached hydrogen (secondary N) is 2. The quantitative estimate of drug-likeness (QED) is 0.456. The molecule has 1 unspecified atom stereocenters. The molecular formula is C14H26N4OS. The van der Waals surface area contributed by atoms with E-state index in [1.165, 1.54) is 11.8 Å². The number of hydrogen-bond acceptors (Lipinski definition) is 6. The van der Waals surface area contributed by atoms with E-state index >= 15 is 0 Å². The van der Waals surface area contributed by atoms with Crippen molar-refractivity contribution >= 4 is 23.4 Å². The van der Waals surface area contributed by atoms with Gasteiger partial charge in [-0.2, -0.15) is 0 Å². The Labute approximate surface area is 126 Å². The summed E-state index contributed by atoms with van der Waals surface area (Å²) in [5.41, 5.74) is 0. The summed E-state index contributed by atoms with van der Waals surface area (Å²) in [6, 6.07) is 1.95. The number of aromatic nitrogens is 2. The number of thioether (sulfide) groups is 1. The fourth-order valence-electron chi connectivity index (χ4n) is 1.83. The summed E-state index contributed by atoms with van der Waals surface area (Å²) in [5, 5.41) is 16.4. The van der Waals surface area contributed by atoms with Crippen molar-refractivity contribution in [3.05, 3.63) is 6.07 Å². The van der Waals surface area contributed by atoms with Crippen LogP contribution in [0, 0.1) is 5.92 Å². The number of aliphatic hydroxyl groups is 1. The molecule has 0 fully saturated rings. The smallest absolute Gasteiger partial charge is 0.191 e. The minimum Gasteiger partial charge on any atom is -0.396 e. The highest BCUT2D eigenvalue weighted by atomic mass is 32.2. The first-order valence-corrected chi connectivity index (χ1v) is 8.47. The number of nitrogens with zero attached hydrogens (tertiary/aromatic N) is 2. The average molecular weight is 298 g/mol. The highest BCUT2D eigenvalue weighted by Gasteiger charge is 2.08. The lowest BCUT2D eigenvalue weighted by Crippen LogP contribution is -2.16. The fraction of sp³-hybridized carbons (Fsp3) is 0.714. The van der Waals surface area contributed by atoms with Crippen molar-refractivity contribution in [3.8, 4) is 0 Å². The fourth-order valence-corrected chi connectivity index (χ4v) is 2.21. The third-order valence-electron chi connectivity index (χ3n) is 3.13. The van der Waals surface area contributed by atoms with Crippen LogP contribution >= 0.6 is 11.8 Å². The summed E-state index contributed by atoms with van der Waals surface area (Å²) >= 11 is 1.54. The molecule has 0 aliphatic heterocycles. The van der Waals surface area contributed by atoms with E-state index in [2.05, 4.69) is 34.4 Å². The Morgan fingerprint density at radius 2 is 1.95 bits per heavy atom. The second kappa shape index (κ2) is 9.83. The third kappa shape index (κ3) is 5.96. The topological polar surface area (TPSA) is 70.1 Å². The summed E-state index contributed by atoms with van der Waals surface area (Å²) in [5.74, 6) is 2.18. The molecule has 6 heteroatoms. The third-order valence-corrected chi connectivity index (χ3v) is 3.68. The molecule has 0 saturated carbocycles. The first-order chi connectivity index (χ1) is 9.73. The molecule has 0 aromatic carbocycles. The lowest BCUT2D eigenvalue weighted by atomic mass is 10.0. The highest BCUT2D eigenvalue weighted by Crippen LogP contribution is 2.18. The van der Waals surface area contributed by atoms with Gasteiger partial charge in [-0.05, 0) is 25.0 Å². The summed E-state index contributed by atoms with van der Waals surface area (Å²) in [6.45, 7) is 6.25. The van der Waals surface area contributed by atoms with Crippen LogP contribution in [0.5, 0.6) is 0 Å². The van der Waals surface area contributed by atoms with Crippen LogP contribution in [0.2, 0.25) is 0 Å². The SMILES string of the molecule is CCCNc1cc(NCC(CC)CCO)nc(SC)n1. The molecule has 0 bridgehead atoms. The van der Waals surface area contributed by atoms with Crippen molar-refractivity contribution in [2.45, 2.75) is 38.3 Å². The first-order valence-electron chi connectivity index (χ1n) is 7.25. The van der Waals surface area contributed by atoms with Gasteiger partial charge < -0.3 is 15.7 Å². The molecule has 0 saturated heterocycles. The minimum absolute atomic E-state index is 0.239. The van der Waals surface area contributed by atoms with Crippen molar-refractivity contribution in [2.24, 2.45) is 5.92 Å². The number of anilines is 2. The Balaban J connectivity index is 2.67. The minimum atomic E-state index is 0.239. The molecule has 0 amide bonds. The summed E-state index contributed by atoms with van der Waals surface area (Å²) < 4.78 is 0. The maximum absolute atomic E-state index is 9.02. The molecule has 1 heterocycles. The van der Waals surface area contributed by atoms with Crippen LogP contribution in [0.3, 0.4) is 0 Å². The monoisotopic (exact) mass is 298 g/mol. The van der Waals surface area contributed by atoms with E-state index in [-0.39, 0.29) is 6.61 Å². The molecule has 1 aromatic rings. The lowest BCUT2D eigenvalue weighted by Gasteiger charge is -2.15. The van der Waals surface area contributed by atoms with Crippen molar-refractivity contribution in [1.82, 2.24) is 9.97 Å². The Hall–Kier alpha value is -1.01. The van der Waals surface area contributed by atoms with Gasteiger partial charge in [-0.15, -0.1) is 0 Å². The van der Waals surface area contributed by atoms with Crippen LogP contribution in [-0.2, 0) is 0 Å². The second-order valence-electron chi connectivity index (χ2n) is 4.72. The zero-order valence-corrected chi connectivity index (χ0v) is 13.5. The molecule has 3 N–H and O–H groups in total. The van der Waals surface area contributed by atoms with E-state index < -0.39 is 0 Å². The van der Waals surface area contributed by atoms with Crippen LogP contribution in [0.1, 0.15) is 33.1 Å². The van der Waals surface area contributed by atoms with Gasteiger partial charge >= 0.3 is 0 Å². The molecule has 1 aromatic heterocycles. The maximum Gasteiger partial charge on any atom is 0.191 e. The Kier molecular flexibility index (Phi) is 8.37. The molecule has 1 atom stereocenters. The molecule has 0 radical (unpaired) electrons. The van der Waals surface area contributed by atoms with E-state index in [1.807, 2.05) is 12.3 Å². The van der Waals surface area contributed by atoms with Gasteiger partial charge in [0.2, 0.25) is 0 Å². The average Bonchev–Trinajstić information content (AvgIpc) is 2.49. The molecule has 1 rings (SSSR count). The highest BCUT2D eigenvalue weighted by molar-refractivity contribution is 7.98. The van der Waals surface area contributed by atoms with Gasteiger partial charge in [0.1, 0.15) is 11.6 Å². The molecule has 114 valence electrons. The first kappa shape index (κ1) is 17.0. The van der Waals surface area contributed by atoms with Gasteiger partial charge in [-0.3, -0.25) is 0 Å². The Morgan fingerprint density at radius 1 is 1.25 bits per heavy atom. The molecule has 20 heavy (non-hydrogen) atoms. The summed E-state index contributed by atoms with van der Waals surface area (Å²) in [7, 11) is 0. The van der Waals surface area contributed by atoms with E-state index in [0.717, 1.165) is 49.1 Å². The largest absolute Gasteiger partial charge is 0.396 e. The number of aliphatic hydroxyl groups excluding tert-OH is 1. The zero-order chi connectivity index (χ0) is 14.8. The molecular weight excluding hydrogens is 272 g/mol. The predicted molar refractivity (Wildman–Crippen MR) is 86.6 cm³/mol. The number of rotatable bonds is 10. The number of hydrogen-bond donors (Lipinski definition) is 3. The van der Waals surface area contributed by atoms with Crippen LogP contribution in [0.4, 0.5) is 11.6 Å². The van der Waals surface area contributed by atoms with E-state index in [0.29, 0.717) is 5.92 Å². The standard InChI is InChI=1S/C14H26N4OS/c1-4-7-15-12-9-13(18-14(17-12)20-3)16-10-11(5-2)6-8-19/h9,11,19H,4-8,10H2,1-3H3,(H2,15,16,17,18). The van der Waals surface area contributed by atoms with Gasteiger partial charge in [-0.1, -0.05) is 32.0 Å². The Morgan fingerprint density at radius 3 is 2.50 bits per heavy atom. The molecule has 0 aliphatic rings. The van der Waals surface area contributed by atoms with Crippen LogP contribution < -0.4 is 10.6 Å². The van der Waals surface area contributed by atoms with Crippen molar-refractivity contribution in [3.63, 3.8) is 0 Å². The van der Waals surface area contributed by atoms with Crippen molar-refractivity contribution in [2.75, 3.05) is 36.6 Å². The van der Waals surface area contributed by atoms with Crippen molar-refractivity contribution < 1.29 is 5.11 Å². The van der Waals surface area contributed by atoms with E-state index in [1.54, 1.807) is 0 Å². The van der Waals surface area contributed by atoms with Gasteiger partial charge in [0, 0.05) is 25.8 Å². The van der Waals surface area contributed by atoms with E-state index in [9.17, 15) is 0 Å². The maximum atomic E-state index is 9.02. The molecule has 0 aliphatic carbocycles. The molecule has 5 nitrogen and oxygen atoms in total. The normalized spacial score (nSPS) is 12.2. The Bertz CT molecular complexity index is 389. The predicted octanol–water partition coefficient (Wildman–Crippen LogP) is 2.84. The van der Waals surface area contributed by atoms with Crippen LogP contribution in [0.25, 0.3) is 0 Å². The van der Waals surface area contributed by atoms with Crippen molar-refractivity contribution in [1.29, 1.82) is 0 Å². The summed E-state index contributed by atoms with van der Waals surface area (Å²) in [6.07, 6.45) is 4.92. The van der Waals surface area contributed by atoms with Gasteiger partial charge in [-0.25, -0.2) is 9.97 Å². The van der Waals surface area contributed by atoms with Gasteiger partial charge in [0.05, 0.1) is 0 Å². The summed E-state index contributed by atoms with van der Waals surface area (Å²) in [4.78, 5) is 8.90. The van der Waals surface area contributed by atoms with Crippen LogP contribution in [-0.4, -0.2) is 41.0 Å². The van der Waals surface area contributed by atoms with E-state index in [4.69, 9.17) is 5.11 Å². The van der Waals surface area contributed by atoms with Crippen LogP contribution in [0.15, 0.2) is 11.2 Å². The van der Waals surface area contributed by atoms with Gasteiger partial charge in [0.15, 0.2) is 5.16 Å². The lowest BCUT2D eigenvalue weighted by molar-refractivity contribution is 0.258. The second-order valence-corrected chi connectivity index (χ2v) is 5.49. The zero-order valence-electron chi connectivity index (χ0n) is 12.6.